The molecule has 6 heterocycles. The molecule has 34 heteroatoms. The van der Waals surface area contributed by atoms with Crippen molar-refractivity contribution in [3.05, 3.63) is 0 Å². The Morgan fingerprint density at radius 2 is 0.868 bits per heavy atom. The van der Waals surface area contributed by atoms with E-state index in [1.807, 2.05) is 0 Å². The van der Waals surface area contributed by atoms with Crippen LogP contribution in [0.2, 0.25) is 0 Å². The predicted octanol–water partition coefficient (Wildman–Crippen LogP) is -12.5. The molecule has 30 atom stereocenters. The van der Waals surface area contributed by atoms with Gasteiger partial charge < -0.3 is 150 Å². The molecule has 438 valence electrons. The van der Waals surface area contributed by atoms with Crippen molar-refractivity contribution in [2.75, 3.05) is 26.4 Å². The van der Waals surface area contributed by atoms with Crippen molar-refractivity contribution in [3.8, 4) is 0 Å². The van der Waals surface area contributed by atoms with Crippen LogP contribution in [-0.4, -0.2) is 316 Å². The lowest BCUT2D eigenvalue weighted by molar-refractivity contribution is -0.375. The number of rotatable bonds is 18. The number of aliphatic hydroxyl groups is 15. The number of carboxylic acids is 1. The number of carbonyl (C=O) groups is 4. The molecule has 76 heavy (non-hydrogen) atoms. The molecule has 6 aliphatic rings. The molecule has 6 saturated heterocycles. The summed E-state index contributed by atoms with van der Waals surface area (Å²) in [5, 5.41) is 178. The van der Waals surface area contributed by atoms with Crippen LogP contribution in [0.5, 0.6) is 0 Å². The van der Waals surface area contributed by atoms with Crippen LogP contribution < -0.4 is 16.0 Å². The Labute approximate surface area is 430 Å². The standard InChI is InChI=1S/C42H69N3O31/c1-9-20(52)25(57)28(60)40(67-9)72-31-15(7-48)71-38(19(45-12(4)51)33(31)74-39-17(43-10(2)49)24(56)21(53)13(5-46)69-39)66-8-16-23(55)32(18(37(65)68-16)44-11(3)50)73-42-30(62)34(22(54)14(6-47)70-42)75-41-29(61)26(58)27(59)35(76-41)36(63)64/h9,13-35,37-42,46-48,52-62,65H,5-8H2,1-4H3,(H,43,49)(H,44,50)(H,45,51)(H,63,64)/t9-,13+,14+,15+,16+,17+,18+,19+,20+,21+,22-,23-,24+,25+,26-,27-,28-,29+,30+,31+,32+,33+,34-,35-,37?,38+,39-,40-,41+,42-/m0/s1. The van der Waals surface area contributed by atoms with E-state index in [4.69, 9.17) is 52.1 Å². The van der Waals surface area contributed by atoms with E-state index in [1.165, 1.54) is 6.92 Å². The highest BCUT2D eigenvalue weighted by Crippen LogP contribution is 2.36. The van der Waals surface area contributed by atoms with E-state index in [1.54, 1.807) is 0 Å². The van der Waals surface area contributed by atoms with Gasteiger partial charge in [-0.1, -0.05) is 0 Å². The van der Waals surface area contributed by atoms with Crippen LogP contribution in [0.15, 0.2) is 0 Å². The van der Waals surface area contributed by atoms with Crippen LogP contribution in [0.25, 0.3) is 0 Å². The van der Waals surface area contributed by atoms with Crippen molar-refractivity contribution >= 4 is 23.7 Å². The Balaban J connectivity index is 1.30. The quantitative estimate of drug-likeness (QED) is 0.0606. The summed E-state index contributed by atoms with van der Waals surface area (Å²) in [4.78, 5) is 49.6. The summed E-state index contributed by atoms with van der Waals surface area (Å²) >= 11 is 0. The van der Waals surface area contributed by atoms with Crippen LogP contribution in [0.4, 0.5) is 0 Å². The molecular formula is C42H69N3O31. The first-order valence-corrected chi connectivity index (χ1v) is 23.9. The molecule has 0 aromatic rings. The minimum atomic E-state index is -2.26. The van der Waals surface area contributed by atoms with Gasteiger partial charge in [-0.15, -0.1) is 0 Å². The van der Waals surface area contributed by atoms with Crippen LogP contribution in [0.1, 0.15) is 27.7 Å². The minimum absolute atomic E-state index is 0.782. The number of nitrogens with one attached hydrogen (secondary N) is 3. The summed E-state index contributed by atoms with van der Waals surface area (Å²) in [5.74, 6) is -4.28. The smallest absolute Gasteiger partial charge is 0.335 e. The van der Waals surface area contributed by atoms with Crippen molar-refractivity contribution in [1.29, 1.82) is 0 Å². The van der Waals surface area contributed by atoms with Gasteiger partial charge in [0.2, 0.25) is 17.7 Å². The normalized spacial score (nSPS) is 48.1. The Bertz CT molecular complexity index is 1930. The van der Waals surface area contributed by atoms with Gasteiger partial charge >= 0.3 is 5.97 Å². The second-order valence-corrected chi connectivity index (χ2v) is 19.0. The first-order chi connectivity index (χ1) is 35.7. The molecule has 0 radical (unpaired) electrons. The number of hydrogen-bond donors (Lipinski definition) is 19. The molecule has 6 rings (SSSR count). The van der Waals surface area contributed by atoms with Gasteiger partial charge in [-0.3, -0.25) is 14.4 Å². The maximum atomic E-state index is 13.0. The fourth-order valence-corrected chi connectivity index (χ4v) is 9.54. The van der Waals surface area contributed by atoms with Crippen molar-refractivity contribution < 1.29 is 153 Å². The average Bonchev–Trinajstić information content (AvgIpc) is 3.36. The summed E-state index contributed by atoms with van der Waals surface area (Å²) in [6.07, 6.45) is -52.1. The molecule has 0 aromatic heterocycles. The summed E-state index contributed by atoms with van der Waals surface area (Å²) in [5.41, 5.74) is 0. The highest BCUT2D eigenvalue weighted by Gasteiger charge is 2.58. The first kappa shape index (κ1) is 62.0. The number of carboxylic acid groups (broad SMARTS) is 1. The van der Waals surface area contributed by atoms with Crippen molar-refractivity contribution in [1.82, 2.24) is 16.0 Å². The van der Waals surface area contributed by atoms with E-state index < -0.39 is 234 Å². The van der Waals surface area contributed by atoms with Gasteiger partial charge in [0, 0.05) is 20.8 Å². The molecule has 6 aliphatic heterocycles. The van der Waals surface area contributed by atoms with Crippen molar-refractivity contribution in [3.63, 3.8) is 0 Å². The number of carbonyl (C=O) groups excluding carboxylic acids is 3. The topological polar surface area (TPSA) is 530 Å². The SMILES string of the molecule is CC(=O)N[C@H]1[C@H](O[C@@H]2[C@@H](NC(C)=O)[C@H](OC[C@H]3OC(O)[C@H](NC(C)=O)[C@@H](O[C@@H]4O[C@H](CO)[C@H](O)[C@H](O[C@@H]5O[C@H](C(=O)O)[C@@H](O)[C@H](O)[C@H]5O)[C@H]4O)[C@H]3O)O[C@H](CO)[C@H]2O[C@@H]2O[C@@H](C)[C@@H](O)[C@@H](O)[C@@H]2O)O[C@H](CO)[C@@H](O)[C@@H]1O. The van der Waals surface area contributed by atoms with Gasteiger partial charge in [0.1, 0.15) is 134 Å². The molecule has 1 unspecified atom stereocenters. The summed E-state index contributed by atoms with van der Waals surface area (Å²) in [6.45, 7) is 0.470. The zero-order valence-corrected chi connectivity index (χ0v) is 40.9. The summed E-state index contributed by atoms with van der Waals surface area (Å²) in [6, 6.07) is -5.14. The van der Waals surface area contributed by atoms with Crippen molar-refractivity contribution in [2.24, 2.45) is 0 Å². The zero-order valence-electron chi connectivity index (χ0n) is 40.9. The summed E-state index contributed by atoms with van der Waals surface area (Å²) < 4.78 is 63.7. The second-order valence-electron chi connectivity index (χ2n) is 19.0. The molecule has 0 saturated carbocycles. The average molecular weight is 1110 g/mol. The number of aliphatic carboxylic acids is 1. The molecule has 3 amide bonds. The van der Waals surface area contributed by atoms with Crippen LogP contribution in [0.3, 0.4) is 0 Å². The zero-order chi connectivity index (χ0) is 56.4. The Kier molecular flexibility index (Phi) is 21.6. The highest BCUT2D eigenvalue weighted by molar-refractivity contribution is 5.74. The maximum Gasteiger partial charge on any atom is 0.335 e. The predicted molar refractivity (Wildman–Crippen MR) is 233 cm³/mol. The van der Waals surface area contributed by atoms with Gasteiger partial charge in [0.05, 0.1) is 32.5 Å². The third-order valence-corrected chi connectivity index (χ3v) is 13.5. The fourth-order valence-electron chi connectivity index (χ4n) is 9.54. The van der Waals surface area contributed by atoms with E-state index in [9.17, 15) is 101 Å². The lowest BCUT2D eigenvalue weighted by atomic mass is 9.93. The highest BCUT2D eigenvalue weighted by atomic mass is 16.8. The van der Waals surface area contributed by atoms with Crippen LogP contribution in [-0.2, 0) is 71.3 Å². The van der Waals surface area contributed by atoms with Gasteiger partial charge in [0.15, 0.2) is 43.8 Å². The van der Waals surface area contributed by atoms with E-state index in [0.717, 1.165) is 20.8 Å². The molecule has 0 bridgehead atoms. The van der Waals surface area contributed by atoms with Crippen LogP contribution in [0, 0.1) is 0 Å². The van der Waals surface area contributed by atoms with E-state index in [2.05, 4.69) is 16.0 Å². The van der Waals surface area contributed by atoms with E-state index in [0.29, 0.717) is 0 Å². The minimum Gasteiger partial charge on any atom is -0.479 e. The second kappa shape index (κ2) is 26.4. The molecular weight excluding hydrogens is 1040 g/mol. The third-order valence-electron chi connectivity index (χ3n) is 13.5. The van der Waals surface area contributed by atoms with Crippen LogP contribution >= 0.6 is 0 Å². The van der Waals surface area contributed by atoms with Gasteiger partial charge in [0.25, 0.3) is 0 Å². The molecule has 19 N–H and O–H groups in total. The lowest BCUT2D eigenvalue weighted by Gasteiger charge is -2.51. The lowest BCUT2D eigenvalue weighted by Crippen LogP contribution is -2.71. The first-order valence-electron chi connectivity index (χ1n) is 23.9. The molecule has 0 aliphatic carbocycles. The van der Waals surface area contributed by atoms with Gasteiger partial charge in [-0.05, 0) is 6.92 Å². The monoisotopic (exact) mass is 1110 g/mol. The number of amides is 3. The third kappa shape index (κ3) is 13.5. The molecule has 34 nitrogen and oxygen atoms in total. The fraction of sp³-hybridized carbons (Fsp3) is 0.905. The molecule has 0 aromatic carbocycles. The number of aliphatic hydroxyl groups excluding tert-OH is 15. The van der Waals surface area contributed by atoms with Gasteiger partial charge in [-0.2, -0.15) is 0 Å². The molecule has 6 fully saturated rings. The van der Waals surface area contributed by atoms with E-state index >= 15 is 0 Å². The largest absolute Gasteiger partial charge is 0.479 e. The maximum absolute atomic E-state index is 13.0. The Hall–Kier alpha value is -3.16. The molecule has 0 spiro atoms. The Morgan fingerprint density at radius 1 is 0.408 bits per heavy atom. The summed E-state index contributed by atoms with van der Waals surface area (Å²) in [7, 11) is 0. The van der Waals surface area contributed by atoms with Gasteiger partial charge in [-0.25, -0.2) is 4.79 Å². The number of hydrogen-bond acceptors (Lipinski definition) is 30. The van der Waals surface area contributed by atoms with E-state index in [-0.39, 0.29) is 0 Å². The number of ether oxygens (including phenoxy) is 11. The Morgan fingerprint density at radius 3 is 1.45 bits per heavy atom. The van der Waals surface area contributed by atoms with Crippen molar-refractivity contribution in [2.45, 2.75) is 212 Å².